The number of carbonyl (C=O) groups excluding carboxylic acids is 1. The Bertz CT molecular complexity index is 1480. The van der Waals surface area contributed by atoms with Crippen molar-refractivity contribution in [1.29, 1.82) is 0 Å². The Morgan fingerprint density at radius 3 is 2.48 bits per heavy atom. The molecule has 5 rings (SSSR count). The van der Waals surface area contributed by atoms with E-state index in [4.69, 9.17) is 9.40 Å². The predicted molar refractivity (Wildman–Crippen MR) is 135 cm³/mol. The molecule has 1 heterocycles. The van der Waals surface area contributed by atoms with Crippen molar-refractivity contribution in [2.45, 2.75) is 19.8 Å². The third-order valence-corrected chi connectivity index (χ3v) is 5.73. The molecule has 162 valence electrons. The predicted octanol–water partition coefficient (Wildman–Crippen LogP) is 7.42. The van der Waals surface area contributed by atoms with Gasteiger partial charge in [0, 0.05) is 11.5 Å². The summed E-state index contributed by atoms with van der Waals surface area (Å²) in [6.45, 7) is 4.32. The molecule has 0 atom stereocenters. The number of oxazole rings is 1. The maximum absolute atomic E-state index is 12.6. The van der Waals surface area contributed by atoms with Crippen molar-refractivity contribution in [3.8, 4) is 11.5 Å². The van der Waals surface area contributed by atoms with E-state index in [1.54, 1.807) is 6.08 Å². The van der Waals surface area contributed by atoms with Crippen LogP contribution in [0.3, 0.4) is 0 Å². The Hall–Kier alpha value is -4.18. The van der Waals surface area contributed by atoms with Crippen LogP contribution in [-0.2, 0) is 4.79 Å². The van der Waals surface area contributed by atoms with Crippen molar-refractivity contribution in [1.82, 2.24) is 4.98 Å². The third kappa shape index (κ3) is 4.28. The van der Waals surface area contributed by atoms with E-state index in [1.165, 1.54) is 5.56 Å². The van der Waals surface area contributed by atoms with Crippen LogP contribution in [-0.4, -0.2) is 10.9 Å². The lowest BCUT2D eigenvalue weighted by molar-refractivity contribution is -0.111. The van der Waals surface area contributed by atoms with E-state index in [1.807, 2.05) is 72.8 Å². The van der Waals surface area contributed by atoms with Crippen LogP contribution in [0.4, 0.5) is 5.69 Å². The molecule has 4 heteroatoms. The lowest BCUT2D eigenvalue weighted by Gasteiger charge is -2.07. The molecule has 4 aromatic carbocycles. The monoisotopic (exact) mass is 432 g/mol. The quantitative estimate of drug-likeness (QED) is 0.294. The first-order chi connectivity index (χ1) is 16.1. The van der Waals surface area contributed by atoms with Crippen molar-refractivity contribution in [2.75, 3.05) is 5.32 Å². The number of fused-ring (bicyclic) bond motifs is 3. The molecule has 5 aromatic rings. The average molecular weight is 433 g/mol. The van der Waals surface area contributed by atoms with Gasteiger partial charge in [-0.15, -0.1) is 0 Å². The summed E-state index contributed by atoms with van der Waals surface area (Å²) in [5.74, 6) is 0.745. The number of hydrogen-bond donors (Lipinski definition) is 1. The molecular weight excluding hydrogens is 408 g/mol. The summed E-state index contributed by atoms with van der Waals surface area (Å²) in [5, 5.41) is 5.11. The molecule has 0 spiro atoms. The molecule has 0 unspecified atom stereocenters. The number of carbonyl (C=O) groups is 1. The van der Waals surface area contributed by atoms with E-state index in [0.29, 0.717) is 17.5 Å². The third-order valence-electron chi connectivity index (χ3n) is 5.73. The molecule has 1 N–H and O–H groups in total. The number of nitrogens with one attached hydrogen (secondary N) is 1. The van der Waals surface area contributed by atoms with Gasteiger partial charge in [0.15, 0.2) is 5.58 Å². The van der Waals surface area contributed by atoms with E-state index in [2.05, 4.69) is 37.4 Å². The highest BCUT2D eigenvalue weighted by Crippen LogP contribution is 2.33. The van der Waals surface area contributed by atoms with Crippen LogP contribution >= 0.6 is 0 Å². The Morgan fingerprint density at radius 1 is 0.909 bits per heavy atom. The zero-order valence-corrected chi connectivity index (χ0v) is 18.6. The SMILES string of the molecule is CC(C)c1ccc(C=CC(=O)Nc2ccccc2-c2nc3c(ccc4ccccc43)o2)cc1. The van der Waals surface area contributed by atoms with Crippen molar-refractivity contribution >= 4 is 39.5 Å². The number of nitrogens with zero attached hydrogens (tertiary/aromatic N) is 1. The number of rotatable bonds is 5. The van der Waals surface area contributed by atoms with Gasteiger partial charge in [-0.3, -0.25) is 4.79 Å². The normalized spacial score (nSPS) is 11.6. The van der Waals surface area contributed by atoms with Crippen molar-refractivity contribution in [3.63, 3.8) is 0 Å². The second-order valence-electron chi connectivity index (χ2n) is 8.34. The molecule has 0 aliphatic carbocycles. The van der Waals surface area contributed by atoms with Crippen molar-refractivity contribution in [3.05, 3.63) is 102 Å². The first kappa shape index (κ1) is 20.7. The first-order valence-corrected chi connectivity index (χ1v) is 11.1. The van der Waals surface area contributed by atoms with E-state index >= 15 is 0 Å². The Balaban J connectivity index is 1.41. The molecular formula is C29H24N2O2. The molecule has 0 bridgehead atoms. The fraction of sp³-hybridized carbons (Fsp3) is 0.103. The fourth-order valence-electron chi connectivity index (χ4n) is 3.89. The van der Waals surface area contributed by atoms with Gasteiger partial charge in [0.2, 0.25) is 11.8 Å². The highest BCUT2D eigenvalue weighted by Gasteiger charge is 2.14. The average Bonchev–Trinajstić information content (AvgIpc) is 3.28. The highest BCUT2D eigenvalue weighted by atomic mass is 16.3. The Morgan fingerprint density at radius 2 is 1.67 bits per heavy atom. The molecule has 0 fully saturated rings. The number of aromatic nitrogens is 1. The van der Waals surface area contributed by atoms with Gasteiger partial charge in [-0.05, 0) is 46.7 Å². The van der Waals surface area contributed by atoms with Gasteiger partial charge in [-0.2, -0.15) is 0 Å². The van der Waals surface area contributed by atoms with Crippen LogP contribution in [0.25, 0.3) is 39.4 Å². The minimum atomic E-state index is -0.211. The molecule has 33 heavy (non-hydrogen) atoms. The first-order valence-electron chi connectivity index (χ1n) is 11.1. The van der Waals surface area contributed by atoms with E-state index in [9.17, 15) is 4.79 Å². The summed E-state index contributed by atoms with van der Waals surface area (Å²) in [4.78, 5) is 17.4. The number of benzene rings is 4. The largest absolute Gasteiger partial charge is 0.436 e. The van der Waals surface area contributed by atoms with Gasteiger partial charge in [0.1, 0.15) is 5.52 Å². The minimum Gasteiger partial charge on any atom is -0.436 e. The van der Waals surface area contributed by atoms with Gasteiger partial charge < -0.3 is 9.73 Å². The molecule has 0 saturated carbocycles. The van der Waals surface area contributed by atoms with Gasteiger partial charge in [0.25, 0.3) is 0 Å². The number of anilines is 1. The zero-order valence-electron chi connectivity index (χ0n) is 18.6. The van der Waals surface area contributed by atoms with Crippen LogP contribution in [0.2, 0.25) is 0 Å². The van der Waals surface area contributed by atoms with Crippen LogP contribution in [0.5, 0.6) is 0 Å². The lowest BCUT2D eigenvalue weighted by Crippen LogP contribution is -2.08. The molecule has 0 saturated heterocycles. The summed E-state index contributed by atoms with van der Waals surface area (Å²) in [5.41, 5.74) is 5.17. The van der Waals surface area contributed by atoms with Crippen LogP contribution < -0.4 is 5.32 Å². The van der Waals surface area contributed by atoms with Crippen LogP contribution in [0, 0.1) is 0 Å². The summed E-state index contributed by atoms with van der Waals surface area (Å²) in [6, 6.07) is 27.8. The number of hydrogen-bond acceptors (Lipinski definition) is 3. The Kier molecular flexibility index (Phi) is 5.49. The summed E-state index contributed by atoms with van der Waals surface area (Å²) >= 11 is 0. The van der Waals surface area contributed by atoms with E-state index < -0.39 is 0 Å². The topological polar surface area (TPSA) is 55.1 Å². The minimum absolute atomic E-state index is 0.211. The molecule has 0 aliphatic heterocycles. The standard InChI is InChI=1S/C29H24N2O2/c1-19(2)21-14-11-20(12-15-21)13-18-27(32)30-25-10-6-5-9-24(25)29-31-28-23-8-4-3-7-22(23)16-17-26(28)33-29/h3-19H,1-2H3,(H,30,32). The lowest BCUT2D eigenvalue weighted by atomic mass is 10.0. The maximum atomic E-state index is 12.6. The summed E-state index contributed by atoms with van der Waals surface area (Å²) in [7, 11) is 0. The molecule has 1 aromatic heterocycles. The van der Waals surface area contributed by atoms with E-state index in [0.717, 1.165) is 33.0 Å². The van der Waals surface area contributed by atoms with Crippen LogP contribution in [0.1, 0.15) is 30.9 Å². The van der Waals surface area contributed by atoms with Gasteiger partial charge in [-0.25, -0.2) is 4.98 Å². The molecule has 4 nitrogen and oxygen atoms in total. The molecule has 0 radical (unpaired) electrons. The number of amides is 1. The van der Waals surface area contributed by atoms with Crippen LogP contribution in [0.15, 0.2) is 95.4 Å². The molecule has 1 amide bonds. The Labute approximate surface area is 192 Å². The van der Waals surface area contributed by atoms with Gasteiger partial charge in [0.05, 0.1) is 11.3 Å². The second kappa shape index (κ2) is 8.75. The highest BCUT2D eigenvalue weighted by molar-refractivity contribution is 6.06. The van der Waals surface area contributed by atoms with Gasteiger partial charge in [-0.1, -0.05) is 80.6 Å². The maximum Gasteiger partial charge on any atom is 0.248 e. The second-order valence-corrected chi connectivity index (χ2v) is 8.34. The smallest absolute Gasteiger partial charge is 0.248 e. The summed E-state index contributed by atoms with van der Waals surface area (Å²) < 4.78 is 6.06. The van der Waals surface area contributed by atoms with E-state index in [-0.39, 0.29) is 5.91 Å². The fourth-order valence-corrected chi connectivity index (χ4v) is 3.89. The molecule has 0 aliphatic rings. The van der Waals surface area contributed by atoms with Crippen molar-refractivity contribution < 1.29 is 9.21 Å². The van der Waals surface area contributed by atoms with Gasteiger partial charge >= 0.3 is 0 Å². The van der Waals surface area contributed by atoms with Crippen molar-refractivity contribution in [2.24, 2.45) is 0 Å². The summed E-state index contributed by atoms with van der Waals surface area (Å²) in [6.07, 6.45) is 3.36. The zero-order chi connectivity index (χ0) is 22.8. The number of para-hydroxylation sites is 1.